The Balaban J connectivity index is 1.76. The first kappa shape index (κ1) is 13.5. The molecule has 0 radical (unpaired) electrons. The van der Waals surface area contributed by atoms with Crippen LogP contribution in [0.1, 0.15) is 5.56 Å². The third kappa shape index (κ3) is 2.85. The van der Waals surface area contributed by atoms with Crippen LogP contribution in [0.3, 0.4) is 0 Å². The molecule has 0 spiro atoms. The number of fused-ring (bicyclic) bond motifs is 1. The predicted molar refractivity (Wildman–Crippen MR) is 79.8 cm³/mol. The van der Waals surface area contributed by atoms with E-state index in [0.717, 1.165) is 51.6 Å². The third-order valence-electron chi connectivity index (χ3n) is 3.84. The summed E-state index contributed by atoms with van der Waals surface area (Å²) < 4.78 is 7.66. The lowest BCUT2D eigenvalue weighted by molar-refractivity contribution is 0.0365. The monoisotopic (exact) mass is 274 g/mol. The highest BCUT2D eigenvalue weighted by Gasteiger charge is 2.12. The number of nitrogens with one attached hydrogen (secondary N) is 1. The number of pyridine rings is 1. The van der Waals surface area contributed by atoms with E-state index in [9.17, 15) is 0 Å². The van der Waals surface area contributed by atoms with Crippen molar-refractivity contribution < 1.29 is 4.74 Å². The molecule has 1 fully saturated rings. The molecule has 0 aromatic carbocycles. The van der Waals surface area contributed by atoms with Crippen LogP contribution in [0.25, 0.3) is 11.0 Å². The number of nitrogens with zero attached hydrogens (tertiary/aromatic N) is 3. The molecular weight excluding hydrogens is 252 g/mol. The van der Waals surface area contributed by atoms with Crippen molar-refractivity contribution in [3.05, 3.63) is 30.1 Å². The first-order valence-corrected chi connectivity index (χ1v) is 7.26. The maximum Gasteiger partial charge on any atom is 0.140 e. The van der Waals surface area contributed by atoms with Gasteiger partial charge in [0.25, 0.3) is 0 Å². The summed E-state index contributed by atoms with van der Waals surface area (Å²) in [5.74, 6) is 0. The molecule has 0 unspecified atom stereocenters. The van der Waals surface area contributed by atoms with Crippen molar-refractivity contribution in [2.24, 2.45) is 0 Å². The van der Waals surface area contributed by atoms with Crippen LogP contribution < -0.4 is 5.32 Å². The second-order valence-electron chi connectivity index (χ2n) is 5.21. The highest BCUT2D eigenvalue weighted by Crippen LogP contribution is 2.19. The summed E-state index contributed by atoms with van der Waals surface area (Å²) in [7, 11) is 1.98. The van der Waals surface area contributed by atoms with Gasteiger partial charge in [-0.15, -0.1) is 0 Å². The number of ether oxygens (including phenoxy) is 1. The lowest BCUT2D eigenvalue weighted by Crippen LogP contribution is -2.38. The molecule has 3 heterocycles. The van der Waals surface area contributed by atoms with E-state index < -0.39 is 0 Å². The van der Waals surface area contributed by atoms with Gasteiger partial charge in [0.05, 0.1) is 13.2 Å². The van der Waals surface area contributed by atoms with Gasteiger partial charge in [-0.1, -0.05) is 0 Å². The standard InChI is InChI=1S/C15H22N4O/c1-16-11-13-12-19(15-14(13)3-2-4-17-15)6-5-18-7-9-20-10-8-18/h2-4,12,16H,5-11H2,1H3. The molecule has 0 bridgehead atoms. The van der Waals surface area contributed by atoms with E-state index in [1.54, 1.807) is 0 Å². The molecule has 1 saturated heterocycles. The van der Waals surface area contributed by atoms with Gasteiger partial charge in [-0.05, 0) is 24.7 Å². The average molecular weight is 274 g/mol. The zero-order valence-electron chi connectivity index (χ0n) is 12.0. The molecule has 0 amide bonds. The Bertz CT molecular complexity index is 560. The van der Waals surface area contributed by atoms with Gasteiger partial charge < -0.3 is 14.6 Å². The molecule has 0 aliphatic carbocycles. The van der Waals surface area contributed by atoms with E-state index in [1.165, 1.54) is 10.9 Å². The third-order valence-corrected chi connectivity index (χ3v) is 3.84. The number of rotatable bonds is 5. The summed E-state index contributed by atoms with van der Waals surface area (Å²) in [6, 6.07) is 4.16. The van der Waals surface area contributed by atoms with Gasteiger partial charge >= 0.3 is 0 Å². The number of morpholine rings is 1. The minimum absolute atomic E-state index is 0.857. The van der Waals surface area contributed by atoms with Crippen LogP contribution in [0.4, 0.5) is 0 Å². The minimum Gasteiger partial charge on any atom is -0.379 e. The summed E-state index contributed by atoms with van der Waals surface area (Å²) in [4.78, 5) is 6.99. The van der Waals surface area contributed by atoms with E-state index in [2.05, 4.69) is 32.0 Å². The van der Waals surface area contributed by atoms with E-state index >= 15 is 0 Å². The van der Waals surface area contributed by atoms with Crippen molar-refractivity contribution in [3.8, 4) is 0 Å². The molecule has 1 aliphatic heterocycles. The Morgan fingerprint density at radius 3 is 2.95 bits per heavy atom. The second kappa shape index (κ2) is 6.35. The minimum atomic E-state index is 0.857. The van der Waals surface area contributed by atoms with E-state index in [-0.39, 0.29) is 0 Å². The van der Waals surface area contributed by atoms with Gasteiger partial charge in [0, 0.05) is 50.5 Å². The SMILES string of the molecule is CNCc1cn(CCN2CCOCC2)c2ncccc12. The molecule has 2 aromatic heterocycles. The molecule has 2 aromatic rings. The van der Waals surface area contributed by atoms with Gasteiger partial charge in [-0.25, -0.2) is 4.98 Å². The van der Waals surface area contributed by atoms with E-state index in [1.807, 2.05) is 19.3 Å². The number of hydrogen-bond acceptors (Lipinski definition) is 4. The summed E-state index contributed by atoms with van der Waals surface area (Å²) in [5.41, 5.74) is 2.41. The highest BCUT2D eigenvalue weighted by molar-refractivity contribution is 5.80. The Hall–Kier alpha value is -1.43. The van der Waals surface area contributed by atoms with Crippen LogP contribution in [0.15, 0.2) is 24.5 Å². The lowest BCUT2D eigenvalue weighted by atomic mass is 10.2. The summed E-state index contributed by atoms with van der Waals surface area (Å²) in [6.07, 6.45) is 4.10. The molecule has 1 N–H and O–H groups in total. The van der Waals surface area contributed by atoms with E-state index in [0.29, 0.717) is 0 Å². The van der Waals surface area contributed by atoms with Gasteiger partial charge in [0.2, 0.25) is 0 Å². The largest absolute Gasteiger partial charge is 0.379 e. The van der Waals surface area contributed by atoms with E-state index in [4.69, 9.17) is 4.74 Å². The van der Waals surface area contributed by atoms with Gasteiger partial charge in [0.15, 0.2) is 0 Å². The van der Waals surface area contributed by atoms with Crippen molar-refractivity contribution in [2.45, 2.75) is 13.1 Å². The normalized spacial score (nSPS) is 16.9. The average Bonchev–Trinajstić information content (AvgIpc) is 2.85. The highest BCUT2D eigenvalue weighted by atomic mass is 16.5. The fourth-order valence-corrected chi connectivity index (χ4v) is 2.77. The Morgan fingerprint density at radius 2 is 2.15 bits per heavy atom. The molecule has 0 saturated carbocycles. The van der Waals surface area contributed by atoms with Crippen molar-refractivity contribution in [2.75, 3.05) is 39.9 Å². The Morgan fingerprint density at radius 1 is 1.30 bits per heavy atom. The Labute approximate surface area is 119 Å². The zero-order chi connectivity index (χ0) is 13.8. The second-order valence-corrected chi connectivity index (χ2v) is 5.21. The molecular formula is C15H22N4O. The van der Waals surface area contributed by atoms with Gasteiger partial charge in [0.1, 0.15) is 5.65 Å². The van der Waals surface area contributed by atoms with Crippen LogP contribution in [0.5, 0.6) is 0 Å². The molecule has 5 nitrogen and oxygen atoms in total. The van der Waals surface area contributed by atoms with Crippen LogP contribution in [-0.2, 0) is 17.8 Å². The molecule has 1 aliphatic rings. The van der Waals surface area contributed by atoms with Crippen LogP contribution >= 0.6 is 0 Å². The zero-order valence-corrected chi connectivity index (χ0v) is 12.0. The van der Waals surface area contributed by atoms with Crippen molar-refractivity contribution in [1.29, 1.82) is 0 Å². The topological polar surface area (TPSA) is 42.3 Å². The van der Waals surface area contributed by atoms with Crippen LogP contribution in [0.2, 0.25) is 0 Å². The van der Waals surface area contributed by atoms with Crippen molar-refractivity contribution >= 4 is 11.0 Å². The summed E-state index contributed by atoms with van der Waals surface area (Å²) in [5, 5.41) is 4.48. The molecule has 0 atom stereocenters. The fraction of sp³-hybridized carbons (Fsp3) is 0.533. The molecule has 3 rings (SSSR count). The predicted octanol–water partition coefficient (Wildman–Crippen LogP) is 1.09. The smallest absolute Gasteiger partial charge is 0.140 e. The summed E-state index contributed by atoms with van der Waals surface area (Å²) >= 11 is 0. The summed E-state index contributed by atoms with van der Waals surface area (Å²) in [6.45, 7) is 6.71. The van der Waals surface area contributed by atoms with Gasteiger partial charge in [-0.3, -0.25) is 4.90 Å². The van der Waals surface area contributed by atoms with Crippen molar-refractivity contribution in [1.82, 2.24) is 19.8 Å². The van der Waals surface area contributed by atoms with Crippen molar-refractivity contribution in [3.63, 3.8) is 0 Å². The number of aromatic nitrogens is 2. The van der Waals surface area contributed by atoms with Crippen LogP contribution in [-0.4, -0.2) is 54.3 Å². The molecule has 20 heavy (non-hydrogen) atoms. The fourth-order valence-electron chi connectivity index (χ4n) is 2.77. The van der Waals surface area contributed by atoms with Crippen LogP contribution in [0, 0.1) is 0 Å². The molecule has 5 heteroatoms. The molecule has 108 valence electrons. The van der Waals surface area contributed by atoms with Gasteiger partial charge in [-0.2, -0.15) is 0 Å². The lowest BCUT2D eigenvalue weighted by Gasteiger charge is -2.26. The quantitative estimate of drug-likeness (QED) is 0.886. The number of hydrogen-bond donors (Lipinski definition) is 1. The maximum absolute atomic E-state index is 5.39. The first-order valence-electron chi connectivity index (χ1n) is 7.26. The Kier molecular flexibility index (Phi) is 4.30. The first-order chi connectivity index (χ1) is 9.88. The maximum atomic E-state index is 5.39.